The van der Waals surface area contributed by atoms with Gasteiger partial charge in [0.2, 0.25) is 0 Å². The molecule has 1 aliphatic rings. The largest absolute Gasteiger partial charge is 0.367 e. The summed E-state index contributed by atoms with van der Waals surface area (Å²) in [6.07, 6.45) is 0.682. The Hall–Kier alpha value is -3.44. The molecule has 0 radical (unpaired) electrons. The number of nitrogens with zero attached hydrogens (tertiary/aromatic N) is 1. The summed E-state index contributed by atoms with van der Waals surface area (Å²) in [5.74, 6) is -0.200. The van der Waals surface area contributed by atoms with Gasteiger partial charge in [0.15, 0.2) is 9.84 Å². The molecule has 5 rings (SSSR count). The second-order valence-electron chi connectivity index (χ2n) is 8.88. The zero-order valence-electron chi connectivity index (χ0n) is 18.8. The Bertz CT molecular complexity index is 1370. The number of benzene rings is 4. The highest BCUT2D eigenvalue weighted by Crippen LogP contribution is 2.35. The molecule has 1 atom stereocenters. The molecule has 1 heterocycles. The molecule has 0 amide bonds. The van der Waals surface area contributed by atoms with E-state index < -0.39 is 9.84 Å². The molecular formula is C29H26FNO2S. The van der Waals surface area contributed by atoms with Crippen molar-refractivity contribution >= 4 is 15.5 Å². The van der Waals surface area contributed by atoms with E-state index in [1.807, 2.05) is 24.3 Å². The van der Waals surface area contributed by atoms with Crippen molar-refractivity contribution in [1.29, 1.82) is 0 Å². The first kappa shape index (κ1) is 22.4. The van der Waals surface area contributed by atoms with Gasteiger partial charge in [-0.2, -0.15) is 0 Å². The maximum atomic E-state index is 13.4. The third kappa shape index (κ3) is 4.90. The van der Waals surface area contributed by atoms with Gasteiger partial charge in [-0.3, -0.25) is 0 Å². The van der Waals surface area contributed by atoms with E-state index in [4.69, 9.17) is 0 Å². The summed E-state index contributed by atoms with van der Waals surface area (Å²) >= 11 is 0. The molecule has 0 aliphatic carbocycles. The number of rotatable bonds is 6. The van der Waals surface area contributed by atoms with E-state index in [1.54, 1.807) is 36.4 Å². The van der Waals surface area contributed by atoms with Crippen LogP contribution in [0.4, 0.5) is 10.1 Å². The zero-order valence-corrected chi connectivity index (χ0v) is 19.6. The van der Waals surface area contributed by atoms with Gasteiger partial charge in [-0.05, 0) is 71.0 Å². The Morgan fingerprint density at radius 3 is 2.15 bits per heavy atom. The average Bonchev–Trinajstić information content (AvgIpc) is 2.85. The van der Waals surface area contributed by atoms with Crippen LogP contribution in [0.2, 0.25) is 0 Å². The Morgan fingerprint density at radius 1 is 0.794 bits per heavy atom. The van der Waals surface area contributed by atoms with Gasteiger partial charge in [-0.1, -0.05) is 66.7 Å². The molecule has 34 heavy (non-hydrogen) atoms. The highest BCUT2D eigenvalue weighted by molar-refractivity contribution is 7.91. The Kier molecular flexibility index (Phi) is 6.20. The molecule has 4 aromatic rings. The zero-order chi connectivity index (χ0) is 23.5. The Morgan fingerprint density at radius 2 is 1.44 bits per heavy atom. The van der Waals surface area contributed by atoms with Gasteiger partial charge in [0.25, 0.3) is 0 Å². The monoisotopic (exact) mass is 471 g/mol. The van der Waals surface area contributed by atoms with Crippen LogP contribution >= 0.6 is 0 Å². The molecule has 0 N–H and O–H groups in total. The van der Waals surface area contributed by atoms with Crippen LogP contribution in [0.3, 0.4) is 0 Å². The fraction of sp³-hybridized carbons (Fsp3) is 0.172. The summed E-state index contributed by atoms with van der Waals surface area (Å²) in [7, 11) is -3.39. The molecule has 0 saturated heterocycles. The van der Waals surface area contributed by atoms with E-state index >= 15 is 0 Å². The summed E-state index contributed by atoms with van der Waals surface area (Å²) in [6, 6.07) is 31.7. The van der Waals surface area contributed by atoms with Gasteiger partial charge in [0.1, 0.15) is 5.82 Å². The van der Waals surface area contributed by atoms with Crippen LogP contribution in [0.1, 0.15) is 11.1 Å². The maximum Gasteiger partial charge on any atom is 0.178 e. The topological polar surface area (TPSA) is 37.4 Å². The third-order valence-corrected chi connectivity index (χ3v) is 8.26. The molecular weight excluding hydrogens is 445 g/mol. The lowest BCUT2D eigenvalue weighted by Gasteiger charge is -2.36. The van der Waals surface area contributed by atoms with Crippen molar-refractivity contribution in [3.8, 4) is 11.1 Å². The SMILES string of the molecule is O=S(=O)(CC1Cc2cc(-c3ccc(F)cc3)ccc2N(Cc2ccccc2)C1)c1ccccc1. The minimum absolute atomic E-state index is 0.0371. The molecule has 3 nitrogen and oxygen atoms in total. The molecule has 4 aromatic carbocycles. The van der Waals surface area contributed by atoms with Crippen LogP contribution in [-0.2, 0) is 22.8 Å². The number of halogens is 1. The van der Waals surface area contributed by atoms with Crippen molar-refractivity contribution in [2.75, 3.05) is 17.2 Å². The van der Waals surface area contributed by atoms with Crippen molar-refractivity contribution in [2.24, 2.45) is 5.92 Å². The smallest absolute Gasteiger partial charge is 0.178 e. The van der Waals surface area contributed by atoms with E-state index in [-0.39, 0.29) is 17.5 Å². The van der Waals surface area contributed by atoms with Crippen LogP contribution in [0.5, 0.6) is 0 Å². The van der Waals surface area contributed by atoms with E-state index in [0.29, 0.717) is 24.4 Å². The van der Waals surface area contributed by atoms with Gasteiger partial charge < -0.3 is 4.90 Å². The molecule has 1 unspecified atom stereocenters. The second kappa shape index (κ2) is 9.43. The summed E-state index contributed by atoms with van der Waals surface area (Å²) in [5, 5.41) is 0. The maximum absolute atomic E-state index is 13.4. The molecule has 1 aliphatic heterocycles. The molecule has 0 saturated carbocycles. The minimum Gasteiger partial charge on any atom is -0.367 e. The number of hydrogen-bond donors (Lipinski definition) is 0. The highest BCUT2D eigenvalue weighted by atomic mass is 32.2. The first-order chi connectivity index (χ1) is 16.5. The number of fused-ring (bicyclic) bond motifs is 1. The first-order valence-electron chi connectivity index (χ1n) is 11.4. The normalized spacial score (nSPS) is 15.7. The molecule has 172 valence electrons. The molecule has 5 heteroatoms. The van der Waals surface area contributed by atoms with Gasteiger partial charge in [0.05, 0.1) is 10.6 Å². The third-order valence-electron chi connectivity index (χ3n) is 6.36. The van der Waals surface area contributed by atoms with E-state index in [9.17, 15) is 12.8 Å². The minimum atomic E-state index is -3.39. The van der Waals surface area contributed by atoms with Crippen molar-refractivity contribution in [2.45, 2.75) is 17.9 Å². The second-order valence-corrected chi connectivity index (χ2v) is 10.9. The summed E-state index contributed by atoms with van der Waals surface area (Å²) in [6.45, 7) is 1.38. The average molecular weight is 472 g/mol. The predicted octanol–water partition coefficient (Wildman–Crippen LogP) is 6.15. The van der Waals surface area contributed by atoms with Crippen molar-refractivity contribution in [3.63, 3.8) is 0 Å². The number of hydrogen-bond acceptors (Lipinski definition) is 3. The van der Waals surface area contributed by atoms with Crippen LogP contribution in [0.15, 0.2) is 108 Å². The predicted molar refractivity (Wildman–Crippen MR) is 135 cm³/mol. The molecule has 0 spiro atoms. The fourth-order valence-electron chi connectivity index (χ4n) is 4.76. The van der Waals surface area contributed by atoms with Crippen LogP contribution < -0.4 is 4.90 Å². The van der Waals surface area contributed by atoms with Crippen LogP contribution in [0.25, 0.3) is 11.1 Å². The lowest BCUT2D eigenvalue weighted by molar-refractivity contribution is 0.516. The van der Waals surface area contributed by atoms with E-state index in [1.165, 1.54) is 17.7 Å². The van der Waals surface area contributed by atoms with Gasteiger partial charge in [0, 0.05) is 18.8 Å². The number of anilines is 1. The molecule has 0 fully saturated rings. The van der Waals surface area contributed by atoms with Crippen LogP contribution in [0, 0.1) is 11.7 Å². The van der Waals surface area contributed by atoms with Gasteiger partial charge >= 0.3 is 0 Å². The summed E-state index contributed by atoms with van der Waals surface area (Å²) < 4.78 is 39.7. The fourth-order valence-corrected chi connectivity index (χ4v) is 6.37. The van der Waals surface area contributed by atoms with Crippen molar-refractivity contribution < 1.29 is 12.8 Å². The highest BCUT2D eigenvalue weighted by Gasteiger charge is 2.29. The lowest BCUT2D eigenvalue weighted by Crippen LogP contribution is -2.38. The molecule has 0 aromatic heterocycles. The standard InChI is InChI=1S/C29H26FNO2S/c30-27-14-11-24(12-15-27)25-13-16-29-26(18-25)17-23(20-31(29)19-22-7-3-1-4-8-22)21-34(32,33)28-9-5-2-6-10-28/h1-16,18,23H,17,19-21H2. The summed E-state index contributed by atoms with van der Waals surface area (Å²) in [4.78, 5) is 2.66. The quantitative estimate of drug-likeness (QED) is 0.339. The van der Waals surface area contributed by atoms with Crippen molar-refractivity contribution in [1.82, 2.24) is 0 Å². The van der Waals surface area contributed by atoms with E-state index in [2.05, 4.69) is 35.2 Å². The first-order valence-corrected chi connectivity index (χ1v) is 13.1. The Labute approximate surface area is 200 Å². The van der Waals surface area contributed by atoms with E-state index in [0.717, 1.165) is 22.4 Å². The Balaban J connectivity index is 1.48. The summed E-state index contributed by atoms with van der Waals surface area (Å²) in [5.41, 5.74) is 5.38. The lowest BCUT2D eigenvalue weighted by atomic mass is 9.90. The van der Waals surface area contributed by atoms with Gasteiger partial charge in [-0.25, -0.2) is 12.8 Å². The van der Waals surface area contributed by atoms with Gasteiger partial charge in [-0.15, -0.1) is 0 Å². The molecule has 0 bridgehead atoms. The number of sulfone groups is 1. The van der Waals surface area contributed by atoms with Crippen LogP contribution in [-0.4, -0.2) is 20.7 Å². The van der Waals surface area contributed by atoms with Crippen molar-refractivity contribution in [3.05, 3.63) is 120 Å².